The first-order valence-corrected chi connectivity index (χ1v) is 6.01. The van der Waals surface area contributed by atoms with Crippen molar-refractivity contribution in [3.63, 3.8) is 0 Å². The summed E-state index contributed by atoms with van der Waals surface area (Å²) < 4.78 is 0. The summed E-state index contributed by atoms with van der Waals surface area (Å²) in [6, 6.07) is 2.11. The zero-order valence-electron chi connectivity index (χ0n) is 8.43. The maximum absolute atomic E-state index is 10.9. The molecule has 0 bridgehead atoms. The summed E-state index contributed by atoms with van der Waals surface area (Å²) in [6.45, 7) is 0. The van der Waals surface area contributed by atoms with Crippen molar-refractivity contribution < 1.29 is 9.90 Å². The highest BCUT2D eigenvalue weighted by atomic mass is 32.1. The molecule has 4 nitrogen and oxygen atoms in total. The van der Waals surface area contributed by atoms with Crippen LogP contribution in [0.4, 0.5) is 0 Å². The Morgan fingerprint density at radius 3 is 3.12 bits per heavy atom. The third kappa shape index (κ3) is 1.36. The number of aromatic amines is 1. The van der Waals surface area contributed by atoms with E-state index in [1.807, 2.05) is 0 Å². The molecule has 0 fully saturated rings. The van der Waals surface area contributed by atoms with Crippen LogP contribution in [0.25, 0.3) is 0 Å². The van der Waals surface area contributed by atoms with E-state index in [1.54, 1.807) is 11.3 Å². The highest BCUT2D eigenvalue weighted by molar-refractivity contribution is 7.07. The standard InChI is InChI=1S/C11H10N2O2S/c14-11(15)10-8-3-7(4-9(8)12-13-10)6-1-2-16-5-6/h1-2,5,7H,3-4H2,(H,12,13)(H,14,15). The number of carboxylic acids is 1. The van der Waals surface area contributed by atoms with Gasteiger partial charge in [0.25, 0.3) is 0 Å². The van der Waals surface area contributed by atoms with Gasteiger partial charge in [-0.25, -0.2) is 4.79 Å². The van der Waals surface area contributed by atoms with Crippen molar-refractivity contribution in [2.45, 2.75) is 18.8 Å². The highest BCUT2D eigenvalue weighted by Gasteiger charge is 2.30. The van der Waals surface area contributed by atoms with Gasteiger partial charge in [0.2, 0.25) is 0 Å². The van der Waals surface area contributed by atoms with E-state index in [0.717, 1.165) is 24.1 Å². The van der Waals surface area contributed by atoms with Crippen LogP contribution in [0, 0.1) is 0 Å². The number of aromatic carboxylic acids is 1. The van der Waals surface area contributed by atoms with Gasteiger partial charge in [-0.15, -0.1) is 0 Å². The van der Waals surface area contributed by atoms with Gasteiger partial charge >= 0.3 is 5.97 Å². The van der Waals surface area contributed by atoms with Crippen molar-refractivity contribution in [1.82, 2.24) is 10.2 Å². The van der Waals surface area contributed by atoms with Gasteiger partial charge in [0.15, 0.2) is 5.69 Å². The molecule has 0 saturated heterocycles. The van der Waals surface area contributed by atoms with E-state index < -0.39 is 5.97 Å². The van der Waals surface area contributed by atoms with Crippen molar-refractivity contribution in [2.75, 3.05) is 0 Å². The second kappa shape index (κ2) is 3.45. The van der Waals surface area contributed by atoms with E-state index in [9.17, 15) is 4.79 Å². The Hall–Kier alpha value is -1.62. The fraction of sp³-hybridized carbons (Fsp3) is 0.273. The monoisotopic (exact) mass is 234 g/mol. The van der Waals surface area contributed by atoms with E-state index in [1.165, 1.54) is 5.56 Å². The lowest BCUT2D eigenvalue weighted by Crippen LogP contribution is -2.03. The van der Waals surface area contributed by atoms with Crippen LogP contribution in [0.1, 0.15) is 33.2 Å². The lowest BCUT2D eigenvalue weighted by molar-refractivity contribution is 0.0689. The summed E-state index contributed by atoms with van der Waals surface area (Å²) in [4.78, 5) is 10.9. The summed E-state index contributed by atoms with van der Waals surface area (Å²) in [5.41, 5.74) is 3.34. The molecule has 1 atom stereocenters. The van der Waals surface area contributed by atoms with Gasteiger partial charge in [0, 0.05) is 11.3 Å². The Bertz CT molecular complexity index is 530. The predicted molar refractivity (Wildman–Crippen MR) is 60.0 cm³/mol. The first kappa shape index (κ1) is 9.59. The van der Waals surface area contributed by atoms with E-state index in [2.05, 4.69) is 27.0 Å². The highest BCUT2D eigenvalue weighted by Crippen LogP contribution is 2.35. The van der Waals surface area contributed by atoms with E-state index >= 15 is 0 Å². The molecule has 1 unspecified atom stereocenters. The van der Waals surface area contributed by atoms with Crippen LogP contribution in [0.3, 0.4) is 0 Å². The minimum atomic E-state index is -0.941. The van der Waals surface area contributed by atoms with Gasteiger partial charge < -0.3 is 5.11 Å². The maximum Gasteiger partial charge on any atom is 0.356 e. The molecule has 2 N–H and O–H groups in total. The molecule has 2 aromatic rings. The van der Waals surface area contributed by atoms with E-state index in [-0.39, 0.29) is 5.69 Å². The van der Waals surface area contributed by atoms with Gasteiger partial charge in [-0.3, -0.25) is 5.10 Å². The number of carboxylic acid groups (broad SMARTS) is 1. The molecule has 2 heterocycles. The average Bonchev–Trinajstić information content (AvgIpc) is 2.92. The molecule has 82 valence electrons. The van der Waals surface area contributed by atoms with Gasteiger partial charge in [0.1, 0.15) is 0 Å². The molecule has 16 heavy (non-hydrogen) atoms. The van der Waals surface area contributed by atoms with Crippen LogP contribution < -0.4 is 0 Å². The molecule has 5 heteroatoms. The Kier molecular flexibility index (Phi) is 2.07. The molecule has 0 aromatic carbocycles. The number of fused-ring (bicyclic) bond motifs is 1. The van der Waals surface area contributed by atoms with Gasteiger partial charge in [0.05, 0.1) is 0 Å². The molecule has 0 spiro atoms. The third-order valence-electron chi connectivity index (χ3n) is 3.07. The molecular formula is C11H10N2O2S. The van der Waals surface area contributed by atoms with Gasteiger partial charge in [-0.05, 0) is 41.1 Å². The van der Waals surface area contributed by atoms with Crippen LogP contribution in [-0.2, 0) is 12.8 Å². The number of H-pyrrole nitrogens is 1. The van der Waals surface area contributed by atoms with Crippen molar-refractivity contribution in [2.24, 2.45) is 0 Å². The molecule has 1 aliphatic rings. The minimum Gasteiger partial charge on any atom is -0.476 e. The van der Waals surface area contributed by atoms with Crippen LogP contribution in [-0.4, -0.2) is 21.3 Å². The number of nitrogens with zero attached hydrogens (tertiary/aromatic N) is 1. The lowest BCUT2D eigenvalue weighted by Gasteiger charge is -2.05. The third-order valence-corrected chi connectivity index (χ3v) is 3.77. The largest absolute Gasteiger partial charge is 0.476 e. The van der Waals surface area contributed by atoms with Crippen molar-refractivity contribution in [1.29, 1.82) is 0 Å². The average molecular weight is 234 g/mol. The fourth-order valence-electron chi connectivity index (χ4n) is 2.27. The Labute approximate surface area is 95.9 Å². The normalized spacial score (nSPS) is 18.6. The van der Waals surface area contributed by atoms with Crippen LogP contribution in [0.15, 0.2) is 16.8 Å². The fourth-order valence-corrected chi connectivity index (χ4v) is 3.02. The molecule has 0 saturated carbocycles. The maximum atomic E-state index is 10.9. The molecule has 0 aliphatic heterocycles. The topological polar surface area (TPSA) is 66.0 Å². The van der Waals surface area contributed by atoms with Crippen LogP contribution in [0.5, 0.6) is 0 Å². The molecule has 3 rings (SSSR count). The van der Waals surface area contributed by atoms with E-state index in [0.29, 0.717) is 5.92 Å². The molecule has 2 aromatic heterocycles. The van der Waals surface area contributed by atoms with Crippen LogP contribution >= 0.6 is 11.3 Å². The summed E-state index contributed by atoms with van der Waals surface area (Å²) in [5.74, 6) is -0.530. The predicted octanol–water partition coefficient (Wildman–Crippen LogP) is 2.05. The Morgan fingerprint density at radius 1 is 1.56 bits per heavy atom. The lowest BCUT2D eigenvalue weighted by atomic mass is 9.99. The number of thiophene rings is 1. The minimum absolute atomic E-state index is 0.188. The van der Waals surface area contributed by atoms with Crippen molar-refractivity contribution >= 4 is 17.3 Å². The van der Waals surface area contributed by atoms with Crippen LogP contribution in [0.2, 0.25) is 0 Å². The molecular weight excluding hydrogens is 224 g/mol. The quantitative estimate of drug-likeness (QED) is 0.835. The summed E-state index contributed by atoms with van der Waals surface area (Å²) in [5, 5.41) is 19.8. The summed E-state index contributed by atoms with van der Waals surface area (Å²) in [6.07, 6.45) is 1.65. The molecule has 0 amide bonds. The first-order chi connectivity index (χ1) is 7.75. The second-order valence-electron chi connectivity index (χ2n) is 4.00. The zero-order chi connectivity index (χ0) is 11.1. The Balaban J connectivity index is 1.92. The summed E-state index contributed by atoms with van der Waals surface area (Å²) in [7, 11) is 0. The second-order valence-corrected chi connectivity index (χ2v) is 4.78. The number of rotatable bonds is 2. The number of nitrogens with one attached hydrogen (secondary N) is 1. The van der Waals surface area contributed by atoms with E-state index in [4.69, 9.17) is 5.11 Å². The van der Waals surface area contributed by atoms with Crippen molar-refractivity contribution in [3.8, 4) is 0 Å². The molecule has 1 aliphatic carbocycles. The zero-order valence-corrected chi connectivity index (χ0v) is 9.25. The number of hydrogen-bond acceptors (Lipinski definition) is 3. The number of hydrogen-bond donors (Lipinski definition) is 2. The number of aromatic nitrogens is 2. The van der Waals surface area contributed by atoms with Gasteiger partial charge in [-0.2, -0.15) is 16.4 Å². The number of carbonyl (C=O) groups is 1. The van der Waals surface area contributed by atoms with Crippen molar-refractivity contribution in [3.05, 3.63) is 39.3 Å². The summed E-state index contributed by atoms with van der Waals surface area (Å²) >= 11 is 1.68. The first-order valence-electron chi connectivity index (χ1n) is 5.07. The SMILES string of the molecule is O=C(O)c1n[nH]c2c1CC(c1ccsc1)C2. The Morgan fingerprint density at radius 2 is 2.44 bits per heavy atom. The molecule has 0 radical (unpaired) electrons. The van der Waals surface area contributed by atoms with Gasteiger partial charge in [-0.1, -0.05) is 0 Å². The smallest absolute Gasteiger partial charge is 0.356 e.